The summed E-state index contributed by atoms with van der Waals surface area (Å²) in [4.78, 5) is 2.63. The van der Waals surface area contributed by atoms with Crippen LogP contribution in [-0.2, 0) is 10.0 Å². The molecule has 3 aromatic carbocycles. The van der Waals surface area contributed by atoms with E-state index in [9.17, 15) is 8.42 Å². The molecule has 0 amide bonds. The normalized spacial score (nSPS) is 15.8. The molecule has 0 aliphatic carbocycles. The summed E-state index contributed by atoms with van der Waals surface area (Å²) in [5.41, 5.74) is 3.42. The lowest BCUT2D eigenvalue weighted by atomic mass is 9.96. The lowest BCUT2D eigenvalue weighted by molar-refractivity contribution is 0.155. The van der Waals surface area contributed by atoms with Gasteiger partial charge < -0.3 is 4.74 Å². The van der Waals surface area contributed by atoms with E-state index in [2.05, 4.69) is 67.3 Å². The molecule has 6 heteroatoms. The minimum absolute atomic E-state index is 0.0936. The van der Waals surface area contributed by atoms with E-state index in [1.807, 2.05) is 18.2 Å². The summed E-state index contributed by atoms with van der Waals surface area (Å²) in [7, 11) is -2.14. The van der Waals surface area contributed by atoms with Crippen LogP contribution in [0.25, 0.3) is 0 Å². The third-order valence-corrected chi connectivity index (χ3v) is 8.26. The first-order valence-corrected chi connectivity index (χ1v) is 12.9. The molecular formula is C27H32N2O3S. The Kier molecular flexibility index (Phi) is 7.17. The molecule has 33 heavy (non-hydrogen) atoms. The quantitative estimate of drug-likeness (QED) is 0.498. The molecule has 5 nitrogen and oxygen atoms in total. The van der Waals surface area contributed by atoms with E-state index in [4.69, 9.17) is 4.74 Å². The molecule has 0 saturated carbocycles. The van der Waals surface area contributed by atoms with Crippen LogP contribution in [0.2, 0.25) is 0 Å². The number of benzene rings is 3. The van der Waals surface area contributed by atoms with Crippen molar-refractivity contribution in [2.24, 2.45) is 0 Å². The predicted molar refractivity (Wildman–Crippen MR) is 132 cm³/mol. The second-order valence-corrected chi connectivity index (χ2v) is 10.6. The van der Waals surface area contributed by atoms with Gasteiger partial charge in [0.15, 0.2) is 0 Å². The molecular weight excluding hydrogens is 432 g/mol. The van der Waals surface area contributed by atoms with Gasteiger partial charge in [0, 0.05) is 26.2 Å². The van der Waals surface area contributed by atoms with Crippen LogP contribution < -0.4 is 4.74 Å². The van der Waals surface area contributed by atoms with Crippen molar-refractivity contribution in [3.05, 3.63) is 95.6 Å². The molecule has 1 aliphatic rings. The van der Waals surface area contributed by atoms with Crippen molar-refractivity contribution in [1.29, 1.82) is 0 Å². The Balaban J connectivity index is 1.58. The molecule has 174 valence electrons. The van der Waals surface area contributed by atoms with Gasteiger partial charge in [0.25, 0.3) is 0 Å². The van der Waals surface area contributed by atoms with Gasteiger partial charge in [0.1, 0.15) is 10.6 Å². The Hall–Kier alpha value is -2.67. The first-order valence-electron chi connectivity index (χ1n) is 11.4. The molecule has 0 N–H and O–H groups in total. The second-order valence-electron chi connectivity index (χ2n) is 8.73. The summed E-state index contributed by atoms with van der Waals surface area (Å²) in [5, 5.41) is 0. The van der Waals surface area contributed by atoms with Crippen molar-refractivity contribution < 1.29 is 13.2 Å². The van der Waals surface area contributed by atoms with Gasteiger partial charge in [0.05, 0.1) is 13.2 Å². The summed E-state index contributed by atoms with van der Waals surface area (Å²) in [5.74, 6) is 0.632. The van der Waals surface area contributed by atoms with E-state index in [-0.39, 0.29) is 16.9 Å². The largest absolute Gasteiger partial charge is 0.495 e. The van der Waals surface area contributed by atoms with E-state index in [1.165, 1.54) is 18.2 Å². The first kappa shape index (κ1) is 23.5. The second kappa shape index (κ2) is 10.1. The Morgan fingerprint density at radius 2 is 1.30 bits per heavy atom. The van der Waals surface area contributed by atoms with Crippen LogP contribution in [-0.4, -0.2) is 50.9 Å². The monoisotopic (exact) mass is 464 g/mol. The summed E-state index contributed by atoms with van der Waals surface area (Å²) >= 11 is 0. The zero-order valence-corrected chi connectivity index (χ0v) is 20.3. The van der Waals surface area contributed by atoms with Crippen LogP contribution >= 0.6 is 0 Å². The van der Waals surface area contributed by atoms with E-state index in [1.54, 1.807) is 16.4 Å². The number of nitrogens with zero attached hydrogens (tertiary/aromatic N) is 2. The highest BCUT2D eigenvalue weighted by atomic mass is 32.2. The van der Waals surface area contributed by atoms with Crippen LogP contribution in [0.3, 0.4) is 0 Å². The van der Waals surface area contributed by atoms with Crippen molar-refractivity contribution in [1.82, 2.24) is 9.21 Å². The third-order valence-electron chi connectivity index (χ3n) is 6.34. The van der Waals surface area contributed by atoms with Crippen molar-refractivity contribution >= 4 is 10.0 Å². The van der Waals surface area contributed by atoms with Crippen LogP contribution in [0.4, 0.5) is 0 Å². The zero-order chi connectivity index (χ0) is 23.4. The number of rotatable bonds is 7. The fourth-order valence-electron chi connectivity index (χ4n) is 4.48. The smallest absolute Gasteiger partial charge is 0.246 e. The fourth-order valence-corrected chi connectivity index (χ4v) is 6.09. The molecule has 0 spiro atoms. The highest BCUT2D eigenvalue weighted by molar-refractivity contribution is 7.89. The predicted octanol–water partition coefficient (Wildman–Crippen LogP) is 4.91. The Morgan fingerprint density at radius 1 is 0.758 bits per heavy atom. The Morgan fingerprint density at radius 3 is 1.79 bits per heavy atom. The van der Waals surface area contributed by atoms with Gasteiger partial charge in [-0.05, 0) is 34.7 Å². The number of sulfonamides is 1. The summed E-state index contributed by atoms with van der Waals surface area (Å²) in [6.45, 7) is 6.30. The van der Waals surface area contributed by atoms with Crippen molar-refractivity contribution in [3.8, 4) is 5.75 Å². The first-order chi connectivity index (χ1) is 15.9. The van der Waals surface area contributed by atoms with Crippen molar-refractivity contribution in [3.63, 3.8) is 0 Å². The van der Waals surface area contributed by atoms with E-state index < -0.39 is 10.0 Å². The van der Waals surface area contributed by atoms with E-state index >= 15 is 0 Å². The molecule has 1 fully saturated rings. The molecule has 0 atom stereocenters. The third kappa shape index (κ3) is 4.98. The Labute approximate surface area is 197 Å². The lowest BCUT2D eigenvalue weighted by Gasteiger charge is -2.39. The molecule has 3 aromatic rings. The van der Waals surface area contributed by atoms with Gasteiger partial charge in [-0.3, -0.25) is 4.90 Å². The van der Waals surface area contributed by atoms with Gasteiger partial charge in [0.2, 0.25) is 10.0 Å². The van der Waals surface area contributed by atoms with Crippen LogP contribution in [0.5, 0.6) is 5.75 Å². The lowest BCUT2D eigenvalue weighted by Crippen LogP contribution is -2.49. The molecule has 0 aromatic heterocycles. The highest BCUT2D eigenvalue weighted by Gasteiger charge is 2.34. The number of hydrogen-bond donors (Lipinski definition) is 0. The number of hydrogen-bond acceptors (Lipinski definition) is 4. The summed E-state index contributed by atoms with van der Waals surface area (Å²) < 4.78 is 34.2. The number of ether oxygens (including phenoxy) is 1. The topological polar surface area (TPSA) is 49.9 Å². The maximum atomic E-state index is 13.6. The van der Waals surface area contributed by atoms with Gasteiger partial charge in [-0.25, -0.2) is 8.42 Å². The van der Waals surface area contributed by atoms with Crippen molar-refractivity contribution in [2.45, 2.75) is 30.7 Å². The average Bonchev–Trinajstić information content (AvgIpc) is 2.85. The number of piperazine rings is 1. The molecule has 1 saturated heterocycles. The number of methoxy groups -OCH3 is 1. The van der Waals surface area contributed by atoms with Gasteiger partial charge in [-0.2, -0.15) is 4.31 Å². The maximum absolute atomic E-state index is 13.6. The standard InChI is InChI=1S/C27H32N2O3S/c1-21(2)24-14-15-25(32-3)26(20-24)33(30,31)29-18-16-28(17-19-29)27(22-10-6-4-7-11-22)23-12-8-5-9-13-23/h4-15,20-21,27H,16-19H2,1-3H3. The molecule has 0 unspecified atom stereocenters. The van der Waals surface area contributed by atoms with Gasteiger partial charge in [-0.1, -0.05) is 80.6 Å². The maximum Gasteiger partial charge on any atom is 0.246 e. The van der Waals surface area contributed by atoms with Crippen LogP contribution in [0.15, 0.2) is 83.8 Å². The van der Waals surface area contributed by atoms with Crippen molar-refractivity contribution in [2.75, 3.05) is 33.3 Å². The highest BCUT2D eigenvalue weighted by Crippen LogP contribution is 2.33. The molecule has 4 rings (SSSR count). The Bertz CT molecular complexity index is 1120. The molecule has 0 bridgehead atoms. The fraction of sp³-hybridized carbons (Fsp3) is 0.333. The van der Waals surface area contributed by atoms with E-state index in [0.29, 0.717) is 31.9 Å². The minimum Gasteiger partial charge on any atom is -0.495 e. The molecule has 0 radical (unpaired) electrons. The van der Waals surface area contributed by atoms with Crippen LogP contribution in [0, 0.1) is 0 Å². The average molecular weight is 465 g/mol. The minimum atomic E-state index is -3.66. The molecule has 1 heterocycles. The van der Waals surface area contributed by atoms with E-state index in [0.717, 1.165) is 5.56 Å². The SMILES string of the molecule is COc1ccc(C(C)C)cc1S(=O)(=O)N1CCN(C(c2ccccc2)c2ccccc2)CC1. The van der Waals surface area contributed by atoms with Crippen LogP contribution in [0.1, 0.15) is 42.5 Å². The summed E-state index contributed by atoms with van der Waals surface area (Å²) in [6, 6.07) is 26.4. The summed E-state index contributed by atoms with van der Waals surface area (Å²) in [6.07, 6.45) is 0. The van der Waals surface area contributed by atoms with Gasteiger partial charge in [-0.15, -0.1) is 0 Å². The zero-order valence-electron chi connectivity index (χ0n) is 19.5. The molecule has 1 aliphatic heterocycles. The van der Waals surface area contributed by atoms with Gasteiger partial charge >= 0.3 is 0 Å².